The summed E-state index contributed by atoms with van der Waals surface area (Å²) in [5.41, 5.74) is 1.46. The van der Waals surface area contributed by atoms with Crippen molar-refractivity contribution in [3.05, 3.63) is 44.5 Å². The highest BCUT2D eigenvalue weighted by molar-refractivity contribution is 14.1. The summed E-state index contributed by atoms with van der Waals surface area (Å²) in [6, 6.07) is 10.6. The van der Waals surface area contributed by atoms with Crippen LogP contribution in [0.3, 0.4) is 0 Å². The molecular formula is C14H10ClIS. The van der Waals surface area contributed by atoms with Gasteiger partial charge in [0.05, 0.1) is 0 Å². The van der Waals surface area contributed by atoms with Crippen molar-refractivity contribution in [1.82, 2.24) is 0 Å². The zero-order valence-corrected chi connectivity index (χ0v) is 13.0. The molecule has 86 valence electrons. The lowest BCUT2D eigenvalue weighted by Gasteiger charge is -2.02. The minimum Gasteiger partial charge on any atom is -0.135 e. The number of halogens is 2. The molecule has 1 heterocycles. The molecule has 0 spiro atoms. The Bertz CT molecular complexity index is 715. The van der Waals surface area contributed by atoms with Crippen LogP contribution >= 0.6 is 45.5 Å². The van der Waals surface area contributed by atoms with E-state index < -0.39 is 0 Å². The zero-order valence-electron chi connectivity index (χ0n) is 9.26. The Morgan fingerprint density at radius 1 is 1.18 bits per heavy atom. The van der Waals surface area contributed by atoms with Crippen molar-refractivity contribution >= 4 is 65.7 Å². The summed E-state index contributed by atoms with van der Waals surface area (Å²) in [6.45, 7) is 2.22. The smallest absolute Gasteiger partial charge is 0.0420 e. The van der Waals surface area contributed by atoms with E-state index in [1.165, 1.54) is 29.3 Å². The standard InChI is InChI=1S/C14H10ClIS/c1-2-9-12(16)6-5-11-10-4-3-8(15)7-13(10)17-14(9)11/h3-7H,2H2,1H3. The normalized spacial score (nSPS) is 11.5. The van der Waals surface area contributed by atoms with Crippen LogP contribution in [-0.4, -0.2) is 0 Å². The van der Waals surface area contributed by atoms with Gasteiger partial charge in [-0.1, -0.05) is 30.7 Å². The number of benzene rings is 2. The van der Waals surface area contributed by atoms with E-state index in [-0.39, 0.29) is 0 Å². The Kier molecular flexibility index (Phi) is 3.05. The number of rotatable bonds is 1. The van der Waals surface area contributed by atoms with Gasteiger partial charge in [0.25, 0.3) is 0 Å². The van der Waals surface area contributed by atoms with Gasteiger partial charge in [0.2, 0.25) is 0 Å². The average molecular weight is 373 g/mol. The zero-order chi connectivity index (χ0) is 12.0. The van der Waals surface area contributed by atoms with Crippen LogP contribution < -0.4 is 0 Å². The van der Waals surface area contributed by atoms with Gasteiger partial charge in [-0.25, -0.2) is 0 Å². The molecule has 17 heavy (non-hydrogen) atoms. The molecule has 0 saturated carbocycles. The summed E-state index contributed by atoms with van der Waals surface area (Å²) in [5, 5.41) is 3.50. The maximum absolute atomic E-state index is 6.06. The van der Waals surface area contributed by atoms with Crippen LogP contribution in [0.4, 0.5) is 0 Å². The first-order valence-corrected chi connectivity index (χ1v) is 7.77. The van der Waals surface area contributed by atoms with Gasteiger partial charge in [-0.15, -0.1) is 11.3 Å². The maximum atomic E-state index is 6.06. The summed E-state index contributed by atoms with van der Waals surface area (Å²) in [7, 11) is 0. The number of hydrogen-bond donors (Lipinski definition) is 0. The molecule has 0 N–H and O–H groups in total. The fourth-order valence-corrected chi connectivity index (χ4v) is 4.78. The summed E-state index contributed by atoms with van der Waals surface area (Å²) < 4.78 is 4.05. The van der Waals surface area contributed by atoms with Crippen LogP contribution in [-0.2, 0) is 6.42 Å². The number of fused-ring (bicyclic) bond motifs is 3. The molecule has 1 aromatic heterocycles. The molecule has 0 aliphatic heterocycles. The molecule has 0 aliphatic carbocycles. The molecule has 0 atom stereocenters. The lowest BCUT2D eigenvalue weighted by atomic mass is 10.1. The third-order valence-corrected chi connectivity index (χ3v) is 5.48. The molecular weight excluding hydrogens is 363 g/mol. The van der Waals surface area contributed by atoms with Gasteiger partial charge in [-0.05, 0) is 52.8 Å². The van der Waals surface area contributed by atoms with E-state index in [0.29, 0.717) is 0 Å². The highest BCUT2D eigenvalue weighted by Crippen LogP contribution is 2.38. The highest BCUT2D eigenvalue weighted by Gasteiger charge is 2.10. The maximum Gasteiger partial charge on any atom is 0.0420 e. The molecule has 0 bridgehead atoms. The second-order valence-corrected chi connectivity index (χ2v) is 6.65. The Balaban J connectivity index is 2.50. The van der Waals surface area contributed by atoms with Crippen molar-refractivity contribution in [3.8, 4) is 0 Å². The van der Waals surface area contributed by atoms with Crippen LogP contribution in [0, 0.1) is 3.57 Å². The van der Waals surface area contributed by atoms with Crippen molar-refractivity contribution in [2.45, 2.75) is 13.3 Å². The minimum atomic E-state index is 0.816. The predicted molar refractivity (Wildman–Crippen MR) is 86.4 cm³/mol. The van der Waals surface area contributed by atoms with Crippen molar-refractivity contribution in [2.75, 3.05) is 0 Å². The van der Waals surface area contributed by atoms with Crippen molar-refractivity contribution < 1.29 is 0 Å². The highest BCUT2D eigenvalue weighted by atomic mass is 127. The fourth-order valence-electron chi connectivity index (χ4n) is 2.17. The molecule has 2 aromatic carbocycles. The van der Waals surface area contributed by atoms with E-state index in [2.05, 4.69) is 53.8 Å². The van der Waals surface area contributed by atoms with Crippen LogP contribution in [0.1, 0.15) is 12.5 Å². The monoisotopic (exact) mass is 372 g/mol. The second-order valence-electron chi connectivity index (χ2n) is 4.00. The lowest BCUT2D eigenvalue weighted by molar-refractivity contribution is 1.15. The first-order valence-electron chi connectivity index (χ1n) is 5.50. The third kappa shape index (κ3) is 1.86. The molecule has 0 unspecified atom stereocenters. The van der Waals surface area contributed by atoms with Gasteiger partial charge in [-0.2, -0.15) is 0 Å². The molecule has 0 radical (unpaired) electrons. The fraction of sp³-hybridized carbons (Fsp3) is 0.143. The van der Waals surface area contributed by atoms with Gasteiger partial charge in [-0.3, -0.25) is 0 Å². The number of thiophene rings is 1. The topological polar surface area (TPSA) is 0 Å². The Morgan fingerprint density at radius 2 is 1.94 bits per heavy atom. The molecule has 0 amide bonds. The summed E-state index contributed by atoms with van der Waals surface area (Å²) in [5.74, 6) is 0. The van der Waals surface area contributed by atoms with Gasteiger partial charge in [0, 0.05) is 28.8 Å². The van der Waals surface area contributed by atoms with E-state index in [1.807, 2.05) is 17.4 Å². The molecule has 3 rings (SSSR count). The van der Waals surface area contributed by atoms with Gasteiger partial charge < -0.3 is 0 Å². The molecule has 3 aromatic rings. The van der Waals surface area contributed by atoms with Crippen LogP contribution in [0.2, 0.25) is 5.02 Å². The summed E-state index contributed by atoms with van der Waals surface area (Å²) in [6.07, 6.45) is 1.08. The minimum absolute atomic E-state index is 0.816. The van der Waals surface area contributed by atoms with Crippen molar-refractivity contribution in [2.24, 2.45) is 0 Å². The number of aryl methyl sites for hydroxylation is 1. The predicted octanol–water partition coefficient (Wildman–Crippen LogP) is 5.87. The largest absolute Gasteiger partial charge is 0.135 e. The Morgan fingerprint density at radius 3 is 2.71 bits per heavy atom. The first kappa shape index (κ1) is 11.8. The van der Waals surface area contributed by atoms with Crippen LogP contribution in [0.5, 0.6) is 0 Å². The molecule has 0 saturated heterocycles. The van der Waals surface area contributed by atoms with Crippen molar-refractivity contribution in [3.63, 3.8) is 0 Å². The Labute approximate surface area is 123 Å². The average Bonchev–Trinajstić information content (AvgIpc) is 2.66. The number of hydrogen-bond acceptors (Lipinski definition) is 1. The van der Waals surface area contributed by atoms with Crippen molar-refractivity contribution in [1.29, 1.82) is 0 Å². The van der Waals surface area contributed by atoms with E-state index in [0.717, 1.165) is 11.4 Å². The van der Waals surface area contributed by atoms with Crippen LogP contribution in [0.15, 0.2) is 30.3 Å². The molecule has 3 heteroatoms. The van der Waals surface area contributed by atoms with Gasteiger partial charge in [0.15, 0.2) is 0 Å². The first-order chi connectivity index (χ1) is 8.20. The summed E-state index contributed by atoms with van der Waals surface area (Å²) >= 11 is 10.3. The third-order valence-electron chi connectivity index (χ3n) is 3.00. The van der Waals surface area contributed by atoms with Gasteiger partial charge in [0.1, 0.15) is 0 Å². The Hall–Kier alpha value is -0.320. The van der Waals surface area contributed by atoms with Gasteiger partial charge >= 0.3 is 0 Å². The van der Waals surface area contributed by atoms with E-state index in [1.54, 1.807) is 0 Å². The molecule has 0 nitrogen and oxygen atoms in total. The molecule has 0 fully saturated rings. The van der Waals surface area contributed by atoms with Crippen LogP contribution in [0.25, 0.3) is 20.2 Å². The van der Waals surface area contributed by atoms with E-state index >= 15 is 0 Å². The lowest BCUT2D eigenvalue weighted by Crippen LogP contribution is -1.85. The SMILES string of the molecule is CCc1c(I)ccc2c1sc1cc(Cl)ccc12. The summed E-state index contributed by atoms with van der Waals surface area (Å²) in [4.78, 5) is 0. The van der Waals surface area contributed by atoms with E-state index in [9.17, 15) is 0 Å². The second kappa shape index (κ2) is 4.41. The van der Waals surface area contributed by atoms with E-state index in [4.69, 9.17) is 11.6 Å². The quantitative estimate of drug-likeness (QED) is 0.468. The molecule has 0 aliphatic rings.